The highest BCUT2D eigenvalue weighted by atomic mass is 32.2. The van der Waals surface area contributed by atoms with Crippen molar-refractivity contribution >= 4 is 11.8 Å². The molecule has 0 bridgehead atoms. The number of hydrogen-bond acceptors (Lipinski definition) is 2. The molecule has 1 N–H and O–H groups in total. The standard InChI is InChI=1S/C17H29NS/c1-5-12-18-17(13-14(4)6-2)15-8-10-16(11-9-15)19-7-3/h8-11,14,17-18H,5-7,12-13H2,1-4H3. The minimum absolute atomic E-state index is 0.510. The van der Waals surface area contributed by atoms with Crippen molar-refractivity contribution < 1.29 is 0 Å². The van der Waals surface area contributed by atoms with Crippen molar-refractivity contribution in [1.29, 1.82) is 0 Å². The van der Waals surface area contributed by atoms with Crippen molar-refractivity contribution in [3.8, 4) is 0 Å². The lowest BCUT2D eigenvalue weighted by molar-refractivity contribution is 0.402. The van der Waals surface area contributed by atoms with Crippen LogP contribution in [0, 0.1) is 5.92 Å². The highest BCUT2D eigenvalue weighted by Gasteiger charge is 2.13. The van der Waals surface area contributed by atoms with Crippen LogP contribution in [0.2, 0.25) is 0 Å². The Bertz CT molecular complexity index is 334. The van der Waals surface area contributed by atoms with Crippen LogP contribution in [-0.2, 0) is 0 Å². The predicted octanol–water partition coefficient (Wildman–Crippen LogP) is 5.28. The van der Waals surface area contributed by atoms with Crippen molar-refractivity contribution in [2.24, 2.45) is 5.92 Å². The van der Waals surface area contributed by atoms with Gasteiger partial charge in [-0.2, -0.15) is 0 Å². The van der Waals surface area contributed by atoms with Gasteiger partial charge in [-0.15, -0.1) is 11.8 Å². The Kier molecular flexibility index (Phi) is 8.24. The van der Waals surface area contributed by atoms with Crippen molar-refractivity contribution in [2.45, 2.75) is 57.9 Å². The second-order valence-electron chi connectivity index (χ2n) is 5.26. The molecule has 0 aliphatic rings. The molecular formula is C17H29NS. The molecule has 0 heterocycles. The quantitative estimate of drug-likeness (QED) is 0.618. The third kappa shape index (κ3) is 6.01. The Labute approximate surface area is 123 Å². The highest BCUT2D eigenvalue weighted by Crippen LogP contribution is 2.25. The lowest BCUT2D eigenvalue weighted by Crippen LogP contribution is -2.23. The van der Waals surface area contributed by atoms with E-state index < -0.39 is 0 Å². The number of hydrogen-bond donors (Lipinski definition) is 1. The van der Waals surface area contributed by atoms with E-state index >= 15 is 0 Å². The van der Waals surface area contributed by atoms with Gasteiger partial charge < -0.3 is 5.32 Å². The van der Waals surface area contributed by atoms with E-state index in [-0.39, 0.29) is 0 Å². The summed E-state index contributed by atoms with van der Waals surface area (Å²) in [4.78, 5) is 1.38. The minimum atomic E-state index is 0.510. The summed E-state index contributed by atoms with van der Waals surface area (Å²) in [5, 5.41) is 3.70. The van der Waals surface area contributed by atoms with E-state index in [4.69, 9.17) is 0 Å². The molecule has 0 radical (unpaired) electrons. The summed E-state index contributed by atoms with van der Waals surface area (Å²) in [6.07, 6.45) is 3.69. The van der Waals surface area contributed by atoms with Gasteiger partial charge in [0, 0.05) is 10.9 Å². The van der Waals surface area contributed by atoms with Crippen LogP contribution in [0.3, 0.4) is 0 Å². The lowest BCUT2D eigenvalue weighted by Gasteiger charge is -2.22. The fraction of sp³-hybridized carbons (Fsp3) is 0.647. The Morgan fingerprint density at radius 1 is 1.11 bits per heavy atom. The molecule has 19 heavy (non-hydrogen) atoms. The first kappa shape index (κ1) is 16.6. The molecule has 0 saturated heterocycles. The summed E-state index contributed by atoms with van der Waals surface area (Å²) < 4.78 is 0. The molecule has 0 saturated carbocycles. The molecule has 0 fully saturated rings. The number of thioether (sulfide) groups is 1. The Balaban J connectivity index is 2.71. The van der Waals surface area contributed by atoms with Crippen LogP contribution in [-0.4, -0.2) is 12.3 Å². The van der Waals surface area contributed by atoms with Crippen LogP contribution < -0.4 is 5.32 Å². The second kappa shape index (κ2) is 9.44. The van der Waals surface area contributed by atoms with Gasteiger partial charge in [-0.1, -0.05) is 46.2 Å². The smallest absolute Gasteiger partial charge is 0.0322 e. The SMILES string of the molecule is CCCNC(CC(C)CC)c1ccc(SCC)cc1. The first-order valence-corrected chi connectivity index (χ1v) is 8.65. The van der Waals surface area contributed by atoms with Crippen LogP contribution in [0.1, 0.15) is 58.6 Å². The van der Waals surface area contributed by atoms with Gasteiger partial charge in [0.1, 0.15) is 0 Å². The molecule has 2 atom stereocenters. The van der Waals surface area contributed by atoms with Crippen molar-refractivity contribution in [2.75, 3.05) is 12.3 Å². The average Bonchev–Trinajstić information content (AvgIpc) is 2.44. The van der Waals surface area contributed by atoms with E-state index in [2.05, 4.69) is 57.3 Å². The number of nitrogens with one attached hydrogen (secondary N) is 1. The van der Waals surface area contributed by atoms with E-state index in [0.29, 0.717) is 6.04 Å². The molecule has 0 aromatic heterocycles. The molecule has 2 unspecified atom stereocenters. The third-order valence-corrected chi connectivity index (χ3v) is 4.46. The summed E-state index contributed by atoms with van der Waals surface area (Å²) in [5.74, 6) is 1.92. The Hall–Kier alpha value is -0.470. The third-order valence-electron chi connectivity index (χ3n) is 3.57. The molecule has 1 rings (SSSR count). The maximum absolute atomic E-state index is 3.70. The topological polar surface area (TPSA) is 12.0 Å². The minimum Gasteiger partial charge on any atom is -0.310 e. The zero-order valence-corrected chi connectivity index (χ0v) is 13.7. The Morgan fingerprint density at radius 2 is 1.79 bits per heavy atom. The average molecular weight is 279 g/mol. The van der Waals surface area contributed by atoms with Gasteiger partial charge in [-0.3, -0.25) is 0 Å². The molecule has 1 aromatic carbocycles. The summed E-state index contributed by atoms with van der Waals surface area (Å²) in [6.45, 7) is 10.2. The van der Waals surface area contributed by atoms with Crippen molar-refractivity contribution in [3.05, 3.63) is 29.8 Å². The van der Waals surface area contributed by atoms with Gasteiger partial charge in [0.25, 0.3) is 0 Å². The maximum Gasteiger partial charge on any atom is 0.0322 e. The summed E-state index contributed by atoms with van der Waals surface area (Å²) >= 11 is 1.91. The number of rotatable bonds is 9. The van der Waals surface area contributed by atoms with Gasteiger partial charge >= 0.3 is 0 Å². The maximum atomic E-state index is 3.70. The van der Waals surface area contributed by atoms with Gasteiger partial charge in [0.05, 0.1) is 0 Å². The van der Waals surface area contributed by atoms with Crippen LogP contribution in [0.25, 0.3) is 0 Å². The van der Waals surface area contributed by atoms with Gasteiger partial charge in [0.2, 0.25) is 0 Å². The van der Waals surface area contributed by atoms with Crippen LogP contribution in [0.15, 0.2) is 29.2 Å². The first-order valence-electron chi connectivity index (χ1n) is 7.67. The predicted molar refractivity (Wildman–Crippen MR) is 87.9 cm³/mol. The van der Waals surface area contributed by atoms with E-state index in [1.165, 1.54) is 29.7 Å². The first-order chi connectivity index (χ1) is 9.21. The second-order valence-corrected chi connectivity index (χ2v) is 6.60. The van der Waals surface area contributed by atoms with E-state index in [9.17, 15) is 0 Å². The monoisotopic (exact) mass is 279 g/mol. The normalized spacial score (nSPS) is 14.3. The van der Waals surface area contributed by atoms with Crippen molar-refractivity contribution in [1.82, 2.24) is 5.32 Å². The van der Waals surface area contributed by atoms with Crippen LogP contribution in [0.5, 0.6) is 0 Å². The number of benzene rings is 1. The largest absolute Gasteiger partial charge is 0.310 e. The summed E-state index contributed by atoms with van der Waals surface area (Å²) in [6, 6.07) is 9.64. The zero-order chi connectivity index (χ0) is 14.1. The molecule has 108 valence electrons. The zero-order valence-electron chi connectivity index (χ0n) is 12.9. The van der Waals surface area contributed by atoms with Crippen LogP contribution in [0.4, 0.5) is 0 Å². The molecule has 1 aromatic rings. The van der Waals surface area contributed by atoms with Crippen molar-refractivity contribution in [3.63, 3.8) is 0 Å². The summed E-state index contributed by atoms with van der Waals surface area (Å²) in [5.41, 5.74) is 1.44. The molecule has 0 aliphatic heterocycles. The molecule has 0 amide bonds. The van der Waals surface area contributed by atoms with E-state index in [1.54, 1.807) is 0 Å². The van der Waals surface area contributed by atoms with E-state index in [1.807, 2.05) is 11.8 Å². The molecular weight excluding hydrogens is 250 g/mol. The van der Waals surface area contributed by atoms with Gasteiger partial charge in [-0.05, 0) is 48.8 Å². The van der Waals surface area contributed by atoms with Gasteiger partial charge in [-0.25, -0.2) is 0 Å². The molecule has 0 spiro atoms. The van der Waals surface area contributed by atoms with Gasteiger partial charge in [0.15, 0.2) is 0 Å². The molecule has 0 aliphatic carbocycles. The molecule has 2 heteroatoms. The van der Waals surface area contributed by atoms with E-state index in [0.717, 1.165) is 18.2 Å². The van der Waals surface area contributed by atoms with Crippen LogP contribution >= 0.6 is 11.8 Å². The fourth-order valence-corrected chi connectivity index (χ4v) is 2.85. The lowest BCUT2D eigenvalue weighted by atomic mass is 9.94. The Morgan fingerprint density at radius 3 is 2.32 bits per heavy atom. The summed E-state index contributed by atoms with van der Waals surface area (Å²) in [7, 11) is 0. The highest BCUT2D eigenvalue weighted by molar-refractivity contribution is 7.99. The molecule has 1 nitrogen and oxygen atoms in total. The fourth-order valence-electron chi connectivity index (χ4n) is 2.19.